The fourth-order valence-electron chi connectivity index (χ4n) is 2.04. The molecular formula is C20H35NO2. The van der Waals surface area contributed by atoms with E-state index in [1.54, 1.807) is 0 Å². The summed E-state index contributed by atoms with van der Waals surface area (Å²) in [4.78, 5) is 13.5. The maximum absolute atomic E-state index is 11.5. The predicted octanol–water partition coefficient (Wildman–Crippen LogP) is 5.05. The zero-order valence-corrected chi connectivity index (χ0v) is 15.5. The summed E-state index contributed by atoms with van der Waals surface area (Å²) < 4.78 is 5.23. The highest BCUT2D eigenvalue weighted by Crippen LogP contribution is 2.09. The molecule has 0 N–H and O–H groups in total. The number of carbonyl (C=O) groups excluding carboxylic acids is 1. The summed E-state index contributed by atoms with van der Waals surface area (Å²) in [5.41, 5.74) is 1.05. The molecule has 0 radical (unpaired) electrons. The van der Waals surface area contributed by atoms with Crippen molar-refractivity contribution in [2.75, 3.05) is 21.1 Å². The maximum atomic E-state index is 11.5. The molecule has 1 aromatic rings. The van der Waals surface area contributed by atoms with Gasteiger partial charge >= 0.3 is 5.97 Å². The van der Waals surface area contributed by atoms with Gasteiger partial charge in [0, 0.05) is 6.42 Å². The lowest BCUT2D eigenvalue weighted by atomic mass is 10.1. The first-order valence-corrected chi connectivity index (χ1v) is 8.86. The van der Waals surface area contributed by atoms with Crippen LogP contribution in [0.1, 0.15) is 63.9 Å². The standard InChI is InChI=1S/C17H26O2.C3H9N/c1-2-3-4-5-6-7-11-14-17(18)19-15-16-12-9-8-10-13-16;1-4(2)3/h8-10,12-13H,2-7,11,14-15H2,1H3;1-3H3. The van der Waals surface area contributed by atoms with Crippen LogP contribution in [0.3, 0.4) is 0 Å². The van der Waals surface area contributed by atoms with Gasteiger partial charge in [-0.15, -0.1) is 0 Å². The maximum Gasteiger partial charge on any atom is 0.306 e. The highest BCUT2D eigenvalue weighted by molar-refractivity contribution is 5.69. The van der Waals surface area contributed by atoms with Gasteiger partial charge in [-0.1, -0.05) is 75.8 Å². The number of esters is 1. The van der Waals surface area contributed by atoms with Crippen LogP contribution in [0, 0.1) is 0 Å². The minimum atomic E-state index is -0.0718. The van der Waals surface area contributed by atoms with Crippen LogP contribution in [-0.2, 0) is 16.1 Å². The average molecular weight is 322 g/mol. The fraction of sp³-hybridized carbons (Fsp3) is 0.650. The Bertz CT molecular complexity index is 374. The number of hydrogen-bond donors (Lipinski definition) is 0. The molecule has 0 unspecified atom stereocenters. The molecule has 1 rings (SSSR count). The Labute approximate surface area is 143 Å². The quantitative estimate of drug-likeness (QED) is 0.446. The molecule has 0 heterocycles. The van der Waals surface area contributed by atoms with E-state index in [0.29, 0.717) is 13.0 Å². The van der Waals surface area contributed by atoms with Gasteiger partial charge < -0.3 is 9.64 Å². The molecule has 0 aromatic heterocycles. The predicted molar refractivity (Wildman–Crippen MR) is 98.5 cm³/mol. The molecule has 0 aliphatic rings. The van der Waals surface area contributed by atoms with E-state index in [9.17, 15) is 4.79 Å². The van der Waals surface area contributed by atoms with Crippen LogP contribution >= 0.6 is 0 Å². The second-order valence-corrected chi connectivity index (χ2v) is 6.36. The summed E-state index contributed by atoms with van der Waals surface area (Å²) in [6.45, 7) is 2.62. The van der Waals surface area contributed by atoms with Crippen molar-refractivity contribution >= 4 is 5.97 Å². The van der Waals surface area contributed by atoms with E-state index >= 15 is 0 Å². The molecule has 3 heteroatoms. The third-order valence-corrected chi connectivity index (χ3v) is 3.23. The Morgan fingerprint density at radius 2 is 1.43 bits per heavy atom. The van der Waals surface area contributed by atoms with Crippen molar-refractivity contribution < 1.29 is 9.53 Å². The Hall–Kier alpha value is -1.35. The van der Waals surface area contributed by atoms with Crippen LogP contribution in [0.5, 0.6) is 0 Å². The number of nitrogens with zero attached hydrogens (tertiary/aromatic N) is 1. The highest BCUT2D eigenvalue weighted by atomic mass is 16.5. The van der Waals surface area contributed by atoms with Crippen LogP contribution < -0.4 is 0 Å². The topological polar surface area (TPSA) is 29.5 Å². The van der Waals surface area contributed by atoms with E-state index in [1.807, 2.05) is 56.4 Å². The smallest absolute Gasteiger partial charge is 0.306 e. The first-order chi connectivity index (χ1) is 11.1. The summed E-state index contributed by atoms with van der Waals surface area (Å²) in [5, 5.41) is 0. The second kappa shape index (κ2) is 15.5. The molecule has 0 amide bonds. The Morgan fingerprint density at radius 3 is 2.00 bits per heavy atom. The van der Waals surface area contributed by atoms with Crippen molar-refractivity contribution in [3.8, 4) is 0 Å². The van der Waals surface area contributed by atoms with Crippen LogP contribution in [0.2, 0.25) is 0 Å². The first-order valence-electron chi connectivity index (χ1n) is 8.86. The van der Waals surface area contributed by atoms with Crippen LogP contribution in [0.15, 0.2) is 30.3 Å². The van der Waals surface area contributed by atoms with E-state index in [-0.39, 0.29) is 5.97 Å². The number of rotatable bonds is 10. The molecule has 0 saturated carbocycles. The van der Waals surface area contributed by atoms with Crippen LogP contribution in [0.25, 0.3) is 0 Å². The third kappa shape index (κ3) is 16.8. The summed E-state index contributed by atoms with van der Waals surface area (Å²) in [6.07, 6.45) is 9.14. The molecular weight excluding hydrogens is 286 g/mol. The molecule has 0 spiro atoms. The Balaban J connectivity index is 0.00000108. The number of carbonyl (C=O) groups is 1. The van der Waals surface area contributed by atoms with Gasteiger partial charge in [0.05, 0.1) is 0 Å². The van der Waals surface area contributed by atoms with Gasteiger partial charge in [0.1, 0.15) is 6.61 Å². The minimum absolute atomic E-state index is 0.0718. The number of ether oxygens (including phenoxy) is 1. The number of unbranched alkanes of at least 4 members (excludes halogenated alkanes) is 6. The molecule has 0 bridgehead atoms. The zero-order valence-electron chi connectivity index (χ0n) is 15.5. The summed E-state index contributed by atoms with van der Waals surface area (Å²) in [5.74, 6) is -0.0718. The Kier molecular flexibility index (Phi) is 14.6. The lowest BCUT2D eigenvalue weighted by molar-refractivity contribution is -0.145. The van der Waals surface area contributed by atoms with Gasteiger partial charge in [0.15, 0.2) is 0 Å². The molecule has 3 nitrogen and oxygen atoms in total. The van der Waals surface area contributed by atoms with Crippen molar-refractivity contribution in [2.45, 2.75) is 64.9 Å². The molecule has 1 aromatic carbocycles. The van der Waals surface area contributed by atoms with Gasteiger partial charge in [0.2, 0.25) is 0 Å². The fourth-order valence-corrected chi connectivity index (χ4v) is 2.04. The Morgan fingerprint density at radius 1 is 0.913 bits per heavy atom. The monoisotopic (exact) mass is 321 g/mol. The summed E-state index contributed by atoms with van der Waals surface area (Å²) >= 11 is 0. The summed E-state index contributed by atoms with van der Waals surface area (Å²) in [6, 6.07) is 9.82. The van der Waals surface area contributed by atoms with Crippen molar-refractivity contribution in [3.63, 3.8) is 0 Å². The van der Waals surface area contributed by atoms with Gasteiger partial charge in [-0.2, -0.15) is 0 Å². The number of benzene rings is 1. The van der Waals surface area contributed by atoms with Crippen molar-refractivity contribution in [1.29, 1.82) is 0 Å². The molecule has 23 heavy (non-hydrogen) atoms. The SMILES string of the molecule is CCCCCCCCCC(=O)OCc1ccccc1.CN(C)C. The summed E-state index contributed by atoms with van der Waals surface area (Å²) in [7, 11) is 6.00. The van der Waals surface area contributed by atoms with E-state index < -0.39 is 0 Å². The van der Waals surface area contributed by atoms with Crippen LogP contribution in [-0.4, -0.2) is 32.0 Å². The van der Waals surface area contributed by atoms with Gasteiger partial charge in [0.25, 0.3) is 0 Å². The van der Waals surface area contributed by atoms with Gasteiger partial charge in [-0.05, 0) is 33.1 Å². The van der Waals surface area contributed by atoms with E-state index in [0.717, 1.165) is 18.4 Å². The van der Waals surface area contributed by atoms with Gasteiger partial charge in [-0.3, -0.25) is 4.79 Å². The zero-order chi connectivity index (χ0) is 17.3. The van der Waals surface area contributed by atoms with E-state index in [2.05, 4.69) is 6.92 Å². The second-order valence-electron chi connectivity index (χ2n) is 6.36. The lowest BCUT2D eigenvalue weighted by Gasteiger charge is -2.05. The lowest BCUT2D eigenvalue weighted by Crippen LogP contribution is -2.04. The van der Waals surface area contributed by atoms with Crippen molar-refractivity contribution in [1.82, 2.24) is 4.90 Å². The van der Waals surface area contributed by atoms with Crippen molar-refractivity contribution in [2.24, 2.45) is 0 Å². The van der Waals surface area contributed by atoms with E-state index in [1.165, 1.54) is 32.1 Å². The third-order valence-electron chi connectivity index (χ3n) is 3.23. The molecule has 0 aliphatic heterocycles. The normalized spacial score (nSPS) is 10.1. The van der Waals surface area contributed by atoms with Gasteiger partial charge in [-0.25, -0.2) is 0 Å². The minimum Gasteiger partial charge on any atom is -0.461 e. The molecule has 0 atom stereocenters. The highest BCUT2D eigenvalue weighted by Gasteiger charge is 2.02. The van der Waals surface area contributed by atoms with Crippen molar-refractivity contribution in [3.05, 3.63) is 35.9 Å². The number of hydrogen-bond acceptors (Lipinski definition) is 3. The largest absolute Gasteiger partial charge is 0.461 e. The van der Waals surface area contributed by atoms with E-state index in [4.69, 9.17) is 4.74 Å². The molecule has 0 fully saturated rings. The molecule has 0 saturated heterocycles. The van der Waals surface area contributed by atoms with Crippen LogP contribution in [0.4, 0.5) is 0 Å². The molecule has 132 valence electrons. The molecule has 0 aliphatic carbocycles. The first kappa shape index (κ1) is 21.6. The average Bonchev–Trinajstić information content (AvgIpc) is 2.52.